The maximum Gasteiger partial charge on any atom is 0.300 e. The number of ether oxygens (including phenoxy) is 2. The summed E-state index contributed by atoms with van der Waals surface area (Å²) in [5, 5.41) is 11.4. The van der Waals surface area contributed by atoms with Gasteiger partial charge in [-0.1, -0.05) is 23.8 Å². The molecule has 7 heteroatoms. The van der Waals surface area contributed by atoms with Crippen molar-refractivity contribution in [3.63, 3.8) is 0 Å². The number of carbonyl (C=O) groups is 2. The third kappa shape index (κ3) is 3.41. The molecule has 1 aliphatic rings. The number of anilines is 1. The number of Topliss-reactive ketones (excluding diaryl/α,β-unsaturated/α-hetero) is 1. The Bertz CT molecular complexity index is 1200. The van der Waals surface area contributed by atoms with E-state index in [4.69, 9.17) is 13.9 Å². The van der Waals surface area contributed by atoms with Gasteiger partial charge in [-0.05, 0) is 50.2 Å². The van der Waals surface area contributed by atoms with Crippen molar-refractivity contribution in [2.24, 2.45) is 0 Å². The van der Waals surface area contributed by atoms with E-state index in [0.29, 0.717) is 28.7 Å². The highest BCUT2D eigenvalue weighted by atomic mass is 16.5. The van der Waals surface area contributed by atoms with Crippen LogP contribution in [0.25, 0.3) is 5.76 Å². The average Bonchev–Trinajstić information content (AvgIpc) is 3.34. The Labute approximate surface area is 185 Å². The fourth-order valence-electron chi connectivity index (χ4n) is 3.89. The molecule has 1 amide bonds. The second kappa shape index (κ2) is 8.26. The quantitative estimate of drug-likeness (QED) is 0.361. The van der Waals surface area contributed by atoms with E-state index in [-0.39, 0.29) is 11.1 Å². The van der Waals surface area contributed by atoms with Gasteiger partial charge in [0.05, 0.1) is 19.8 Å². The van der Waals surface area contributed by atoms with Crippen LogP contribution in [0.3, 0.4) is 0 Å². The molecule has 2 aromatic carbocycles. The van der Waals surface area contributed by atoms with Crippen molar-refractivity contribution in [3.05, 3.63) is 82.8 Å². The predicted molar refractivity (Wildman–Crippen MR) is 119 cm³/mol. The van der Waals surface area contributed by atoms with E-state index in [1.54, 1.807) is 49.4 Å². The van der Waals surface area contributed by atoms with Gasteiger partial charge in [0.2, 0.25) is 0 Å². The summed E-state index contributed by atoms with van der Waals surface area (Å²) in [7, 11) is 2.90. The van der Waals surface area contributed by atoms with Gasteiger partial charge in [-0.2, -0.15) is 0 Å². The first-order valence-corrected chi connectivity index (χ1v) is 10.0. The summed E-state index contributed by atoms with van der Waals surface area (Å²) in [4.78, 5) is 27.7. The zero-order valence-corrected chi connectivity index (χ0v) is 18.2. The molecule has 0 radical (unpaired) electrons. The fraction of sp³-hybridized carbons (Fsp3) is 0.200. The van der Waals surface area contributed by atoms with Crippen molar-refractivity contribution in [1.29, 1.82) is 0 Å². The highest BCUT2D eigenvalue weighted by Gasteiger charge is 2.49. The molecule has 1 fully saturated rings. The van der Waals surface area contributed by atoms with E-state index in [2.05, 4.69) is 0 Å². The number of aryl methyl sites for hydroxylation is 2. The van der Waals surface area contributed by atoms with E-state index in [1.807, 2.05) is 19.1 Å². The molecule has 1 atom stereocenters. The lowest BCUT2D eigenvalue weighted by molar-refractivity contribution is -0.132. The maximum atomic E-state index is 13.2. The van der Waals surface area contributed by atoms with Gasteiger partial charge in [-0.25, -0.2) is 0 Å². The van der Waals surface area contributed by atoms with Crippen molar-refractivity contribution >= 4 is 23.1 Å². The molecule has 1 N–H and O–H groups in total. The highest BCUT2D eigenvalue weighted by molar-refractivity contribution is 6.51. The van der Waals surface area contributed by atoms with Crippen LogP contribution in [0.2, 0.25) is 0 Å². The summed E-state index contributed by atoms with van der Waals surface area (Å²) in [5.74, 6) is -0.401. The van der Waals surface area contributed by atoms with Gasteiger partial charge < -0.3 is 19.0 Å². The van der Waals surface area contributed by atoms with Gasteiger partial charge in [0.15, 0.2) is 0 Å². The van der Waals surface area contributed by atoms with Crippen LogP contribution in [0.15, 0.2) is 64.6 Å². The molecule has 1 unspecified atom stereocenters. The number of carbonyl (C=O) groups excluding carboxylic acids is 2. The standard InChI is InChI=1S/C25H23NO6/c1-14-8-11-16(12-9-14)26-22(19-13-10-15(2)32-19)21(24(28)25(26)29)23(27)20-17(30-3)6-5-7-18(20)31-4/h5-13,22,27H,1-4H3/b23-21+. The summed E-state index contributed by atoms with van der Waals surface area (Å²) < 4.78 is 16.6. The SMILES string of the molecule is COc1cccc(OC)c1/C(O)=C1\C(=O)C(=O)N(c2ccc(C)cc2)C1c1ccc(C)o1. The predicted octanol–water partition coefficient (Wildman–Crippen LogP) is 4.54. The number of aliphatic hydroxyl groups excluding tert-OH is 1. The number of methoxy groups -OCH3 is 2. The number of nitrogens with zero attached hydrogens (tertiary/aromatic N) is 1. The molecular weight excluding hydrogens is 410 g/mol. The largest absolute Gasteiger partial charge is 0.506 e. The van der Waals surface area contributed by atoms with Crippen molar-refractivity contribution in [2.75, 3.05) is 19.1 Å². The van der Waals surface area contributed by atoms with Crippen LogP contribution in [-0.2, 0) is 9.59 Å². The Morgan fingerprint density at radius 3 is 2.09 bits per heavy atom. The molecule has 164 valence electrons. The van der Waals surface area contributed by atoms with Crippen molar-refractivity contribution in [2.45, 2.75) is 19.9 Å². The zero-order valence-electron chi connectivity index (χ0n) is 18.2. The molecule has 2 heterocycles. The lowest BCUT2D eigenvalue weighted by Gasteiger charge is -2.24. The van der Waals surface area contributed by atoms with E-state index in [0.717, 1.165) is 5.56 Å². The first-order chi connectivity index (χ1) is 15.4. The smallest absolute Gasteiger partial charge is 0.300 e. The monoisotopic (exact) mass is 433 g/mol. The Morgan fingerprint density at radius 1 is 0.938 bits per heavy atom. The molecule has 7 nitrogen and oxygen atoms in total. The molecule has 1 aliphatic heterocycles. The Kier molecular flexibility index (Phi) is 5.48. The molecular formula is C25H23NO6. The molecule has 0 aliphatic carbocycles. The molecule has 1 aromatic heterocycles. The van der Waals surface area contributed by atoms with Gasteiger partial charge in [-0.3, -0.25) is 14.5 Å². The number of furan rings is 1. The minimum Gasteiger partial charge on any atom is -0.506 e. The molecule has 0 bridgehead atoms. The fourth-order valence-corrected chi connectivity index (χ4v) is 3.89. The number of rotatable bonds is 5. The average molecular weight is 433 g/mol. The topological polar surface area (TPSA) is 89.2 Å². The minimum atomic E-state index is -0.957. The second-order valence-corrected chi connectivity index (χ2v) is 7.49. The lowest BCUT2D eigenvalue weighted by atomic mass is 9.98. The van der Waals surface area contributed by atoms with Crippen LogP contribution < -0.4 is 14.4 Å². The van der Waals surface area contributed by atoms with E-state index in [1.165, 1.54) is 19.1 Å². The number of amides is 1. The van der Waals surface area contributed by atoms with Crippen LogP contribution in [0, 0.1) is 13.8 Å². The lowest BCUT2D eigenvalue weighted by Crippen LogP contribution is -2.29. The Balaban J connectivity index is 1.99. The van der Waals surface area contributed by atoms with Crippen LogP contribution in [0.1, 0.15) is 28.7 Å². The van der Waals surface area contributed by atoms with Gasteiger partial charge in [0.25, 0.3) is 11.7 Å². The number of hydrogen-bond donors (Lipinski definition) is 1. The third-order valence-electron chi connectivity index (χ3n) is 5.45. The summed E-state index contributed by atoms with van der Waals surface area (Å²) >= 11 is 0. The van der Waals surface area contributed by atoms with E-state index >= 15 is 0 Å². The molecule has 4 rings (SSSR count). The van der Waals surface area contributed by atoms with Crippen molar-refractivity contribution in [3.8, 4) is 11.5 Å². The highest BCUT2D eigenvalue weighted by Crippen LogP contribution is 2.45. The molecule has 0 spiro atoms. The normalized spacial score (nSPS) is 17.6. The van der Waals surface area contributed by atoms with Crippen LogP contribution in [0.5, 0.6) is 11.5 Å². The first kappa shape index (κ1) is 21.2. The second-order valence-electron chi connectivity index (χ2n) is 7.49. The van der Waals surface area contributed by atoms with E-state index in [9.17, 15) is 14.7 Å². The third-order valence-corrected chi connectivity index (χ3v) is 5.45. The van der Waals surface area contributed by atoms with Gasteiger partial charge in [0.1, 0.15) is 40.4 Å². The summed E-state index contributed by atoms with van der Waals surface area (Å²) in [5.41, 5.74) is 1.61. The number of hydrogen-bond acceptors (Lipinski definition) is 6. The maximum absolute atomic E-state index is 13.2. The van der Waals surface area contributed by atoms with Gasteiger partial charge in [0, 0.05) is 5.69 Å². The summed E-state index contributed by atoms with van der Waals surface area (Å²) in [6, 6.07) is 14.7. The Morgan fingerprint density at radius 2 is 1.56 bits per heavy atom. The summed E-state index contributed by atoms with van der Waals surface area (Å²) in [6.07, 6.45) is 0. The number of aliphatic hydroxyl groups is 1. The van der Waals surface area contributed by atoms with Gasteiger partial charge in [-0.15, -0.1) is 0 Å². The number of benzene rings is 2. The number of ketones is 1. The summed E-state index contributed by atoms with van der Waals surface area (Å²) in [6.45, 7) is 3.70. The van der Waals surface area contributed by atoms with Crippen molar-refractivity contribution in [1.82, 2.24) is 0 Å². The van der Waals surface area contributed by atoms with Gasteiger partial charge >= 0.3 is 0 Å². The Hall–Kier alpha value is -4.00. The minimum absolute atomic E-state index is 0.104. The van der Waals surface area contributed by atoms with Crippen LogP contribution >= 0.6 is 0 Å². The van der Waals surface area contributed by atoms with Crippen molar-refractivity contribution < 1.29 is 28.6 Å². The van der Waals surface area contributed by atoms with E-state index < -0.39 is 23.5 Å². The van der Waals surface area contributed by atoms with Crippen LogP contribution in [0.4, 0.5) is 5.69 Å². The molecule has 0 saturated carbocycles. The molecule has 3 aromatic rings. The zero-order chi connectivity index (χ0) is 23.0. The van der Waals surface area contributed by atoms with Crippen LogP contribution in [-0.4, -0.2) is 31.0 Å². The molecule has 1 saturated heterocycles. The first-order valence-electron chi connectivity index (χ1n) is 10.0. The molecule has 32 heavy (non-hydrogen) atoms.